The topological polar surface area (TPSA) is 71.8 Å². The van der Waals surface area contributed by atoms with Crippen LogP contribution in [0.1, 0.15) is 36.1 Å². The van der Waals surface area contributed by atoms with Crippen LogP contribution in [0.15, 0.2) is 30.3 Å². The van der Waals surface area contributed by atoms with Gasteiger partial charge in [0.25, 0.3) is 0 Å². The van der Waals surface area contributed by atoms with Crippen LogP contribution in [0.4, 0.5) is 4.79 Å². The van der Waals surface area contributed by atoms with Crippen molar-refractivity contribution in [2.75, 3.05) is 12.3 Å². The number of hydrogen-bond donors (Lipinski definition) is 2. The first-order valence-electron chi connectivity index (χ1n) is 8.30. The Morgan fingerprint density at radius 3 is 3.00 bits per heavy atom. The summed E-state index contributed by atoms with van der Waals surface area (Å²) in [6.45, 7) is 3.54. The highest BCUT2D eigenvalue weighted by molar-refractivity contribution is 7.98. The van der Waals surface area contributed by atoms with E-state index in [4.69, 9.17) is 0 Å². The Morgan fingerprint density at radius 1 is 1.33 bits per heavy atom. The summed E-state index contributed by atoms with van der Waals surface area (Å²) in [5.74, 6) is 3.64. The van der Waals surface area contributed by atoms with E-state index in [0.717, 1.165) is 42.5 Å². The monoisotopic (exact) mass is 345 g/mol. The van der Waals surface area contributed by atoms with Crippen molar-refractivity contribution in [1.29, 1.82) is 0 Å². The molecule has 7 heteroatoms. The van der Waals surface area contributed by atoms with Crippen LogP contribution in [0.2, 0.25) is 0 Å². The number of rotatable bonds is 6. The minimum atomic E-state index is -0.130. The van der Waals surface area contributed by atoms with Crippen LogP contribution in [0.25, 0.3) is 0 Å². The Hall–Kier alpha value is -2.02. The summed E-state index contributed by atoms with van der Waals surface area (Å²) in [7, 11) is 0. The summed E-state index contributed by atoms with van der Waals surface area (Å²) in [5, 5.41) is 14.2. The number of fused-ring (bicyclic) bond motifs is 1. The first-order valence-corrected chi connectivity index (χ1v) is 9.45. The third kappa shape index (κ3) is 4.29. The van der Waals surface area contributed by atoms with Crippen molar-refractivity contribution in [3.8, 4) is 0 Å². The van der Waals surface area contributed by atoms with Crippen LogP contribution in [-0.4, -0.2) is 33.1 Å². The molecule has 2 heterocycles. The molecule has 128 valence electrons. The summed E-state index contributed by atoms with van der Waals surface area (Å²) in [6.07, 6.45) is 1.94. The molecular weight excluding hydrogens is 322 g/mol. The lowest BCUT2D eigenvalue weighted by molar-refractivity contribution is 0.234. The van der Waals surface area contributed by atoms with E-state index in [1.165, 1.54) is 5.56 Å². The number of nitrogens with one attached hydrogen (secondary N) is 2. The zero-order valence-corrected chi connectivity index (χ0v) is 14.7. The summed E-state index contributed by atoms with van der Waals surface area (Å²) in [5.41, 5.74) is 1.31. The first kappa shape index (κ1) is 16.8. The predicted molar refractivity (Wildman–Crippen MR) is 95.9 cm³/mol. The van der Waals surface area contributed by atoms with Crippen molar-refractivity contribution in [2.24, 2.45) is 0 Å². The van der Waals surface area contributed by atoms with Gasteiger partial charge in [0.1, 0.15) is 5.82 Å². The van der Waals surface area contributed by atoms with E-state index in [1.807, 2.05) is 36.9 Å². The molecule has 1 atom stereocenters. The zero-order valence-electron chi connectivity index (χ0n) is 13.9. The van der Waals surface area contributed by atoms with Crippen LogP contribution in [0.5, 0.6) is 0 Å². The van der Waals surface area contributed by atoms with E-state index in [0.29, 0.717) is 6.54 Å². The Kier molecular flexibility index (Phi) is 5.74. The van der Waals surface area contributed by atoms with Gasteiger partial charge in [0.05, 0.1) is 6.04 Å². The highest BCUT2D eigenvalue weighted by Gasteiger charge is 2.25. The second-order valence-corrected chi connectivity index (χ2v) is 7.00. The van der Waals surface area contributed by atoms with Crippen molar-refractivity contribution < 1.29 is 4.79 Å². The van der Waals surface area contributed by atoms with Crippen LogP contribution >= 0.6 is 11.8 Å². The molecule has 1 aliphatic rings. The highest BCUT2D eigenvalue weighted by Crippen LogP contribution is 2.23. The summed E-state index contributed by atoms with van der Waals surface area (Å²) < 4.78 is 2.09. The summed E-state index contributed by atoms with van der Waals surface area (Å²) >= 11 is 1.82. The third-order valence-electron chi connectivity index (χ3n) is 4.10. The van der Waals surface area contributed by atoms with Crippen molar-refractivity contribution in [3.05, 3.63) is 47.5 Å². The Bertz CT molecular complexity index is 673. The molecule has 3 rings (SSSR count). The Labute approximate surface area is 146 Å². The van der Waals surface area contributed by atoms with E-state index in [1.54, 1.807) is 0 Å². The van der Waals surface area contributed by atoms with E-state index >= 15 is 0 Å². The van der Waals surface area contributed by atoms with Gasteiger partial charge in [-0.1, -0.05) is 30.3 Å². The molecule has 0 fully saturated rings. The number of urea groups is 1. The van der Waals surface area contributed by atoms with Gasteiger partial charge in [0, 0.05) is 24.6 Å². The Morgan fingerprint density at radius 2 is 2.17 bits per heavy atom. The van der Waals surface area contributed by atoms with Gasteiger partial charge in [-0.2, -0.15) is 11.8 Å². The number of thioether (sulfide) groups is 1. The molecule has 0 aliphatic carbocycles. The fourth-order valence-corrected chi connectivity index (χ4v) is 3.68. The predicted octanol–water partition coefficient (Wildman–Crippen LogP) is 2.65. The average Bonchev–Trinajstić information content (AvgIpc) is 2.98. The van der Waals surface area contributed by atoms with Crippen molar-refractivity contribution >= 4 is 17.8 Å². The maximum Gasteiger partial charge on any atom is 0.315 e. The van der Waals surface area contributed by atoms with Crippen molar-refractivity contribution in [1.82, 2.24) is 25.4 Å². The molecule has 0 saturated carbocycles. The molecule has 2 N–H and O–H groups in total. The first-order chi connectivity index (χ1) is 11.7. The normalized spacial score (nSPS) is 16.5. The van der Waals surface area contributed by atoms with Crippen molar-refractivity contribution in [2.45, 2.75) is 38.1 Å². The summed E-state index contributed by atoms with van der Waals surface area (Å²) in [6, 6.07) is 10.2. The number of carbonyl (C=O) groups is 1. The number of carbonyl (C=O) groups excluding carboxylic acids is 1. The SMILES string of the molecule is Cc1nnc2n1CCCC2NC(=O)NCCSCc1ccccc1. The molecule has 0 bridgehead atoms. The van der Waals surface area contributed by atoms with Gasteiger partial charge in [0.2, 0.25) is 0 Å². The van der Waals surface area contributed by atoms with E-state index < -0.39 is 0 Å². The van der Waals surface area contributed by atoms with Crippen LogP contribution in [0.3, 0.4) is 0 Å². The van der Waals surface area contributed by atoms with E-state index in [2.05, 4.69) is 37.5 Å². The maximum absolute atomic E-state index is 12.1. The van der Waals surface area contributed by atoms with Gasteiger partial charge in [0.15, 0.2) is 5.82 Å². The number of aryl methyl sites for hydroxylation is 1. The van der Waals surface area contributed by atoms with Crippen LogP contribution < -0.4 is 10.6 Å². The quantitative estimate of drug-likeness (QED) is 0.790. The third-order valence-corrected chi connectivity index (χ3v) is 5.13. The average molecular weight is 345 g/mol. The van der Waals surface area contributed by atoms with E-state index in [9.17, 15) is 4.79 Å². The second kappa shape index (κ2) is 8.19. The number of amides is 2. The van der Waals surface area contributed by atoms with Gasteiger partial charge in [-0.15, -0.1) is 10.2 Å². The molecule has 1 aliphatic heterocycles. The van der Waals surface area contributed by atoms with Gasteiger partial charge >= 0.3 is 6.03 Å². The molecule has 6 nitrogen and oxygen atoms in total. The lowest BCUT2D eigenvalue weighted by Gasteiger charge is -2.24. The number of aromatic nitrogens is 3. The lowest BCUT2D eigenvalue weighted by atomic mass is 10.1. The molecule has 2 aromatic rings. The van der Waals surface area contributed by atoms with Crippen LogP contribution in [0, 0.1) is 6.92 Å². The summed E-state index contributed by atoms with van der Waals surface area (Å²) in [4.78, 5) is 12.1. The minimum absolute atomic E-state index is 0.0445. The zero-order chi connectivity index (χ0) is 16.8. The number of hydrogen-bond acceptors (Lipinski definition) is 4. The molecule has 24 heavy (non-hydrogen) atoms. The highest BCUT2D eigenvalue weighted by atomic mass is 32.2. The smallest absolute Gasteiger partial charge is 0.315 e. The van der Waals surface area contributed by atoms with Gasteiger partial charge < -0.3 is 15.2 Å². The van der Waals surface area contributed by atoms with E-state index in [-0.39, 0.29) is 12.1 Å². The van der Waals surface area contributed by atoms with Crippen LogP contribution in [-0.2, 0) is 12.3 Å². The largest absolute Gasteiger partial charge is 0.337 e. The molecule has 1 aromatic heterocycles. The maximum atomic E-state index is 12.1. The standard InChI is InChI=1S/C17H23N5OS/c1-13-20-21-16-15(8-5-10-22(13)16)19-17(23)18-9-11-24-12-14-6-3-2-4-7-14/h2-4,6-7,15H,5,8-12H2,1H3,(H2,18,19,23). The molecule has 0 radical (unpaired) electrons. The molecule has 0 saturated heterocycles. The Balaban J connectivity index is 1.37. The molecular formula is C17H23N5OS. The molecule has 1 aromatic carbocycles. The van der Waals surface area contributed by atoms with Crippen molar-refractivity contribution in [3.63, 3.8) is 0 Å². The fraction of sp³-hybridized carbons (Fsp3) is 0.471. The van der Waals surface area contributed by atoms with Gasteiger partial charge in [-0.25, -0.2) is 4.79 Å². The van der Waals surface area contributed by atoms with Gasteiger partial charge in [-0.05, 0) is 25.3 Å². The number of nitrogens with zero attached hydrogens (tertiary/aromatic N) is 3. The molecule has 1 unspecified atom stereocenters. The fourth-order valence-electron chi connectivity index (χ4n) is 2.86. The second-order valence-electron chi connectivity index (χ2n) is 5.89. The lowest BCUT2D eigenvalue weighted by Crippen LogP contribution is -2.41. The molecule has 2 amide bonds. The minimum Gasteiger partial charge on any atom is -0.337 e. The number of benzene rings is 1. The molecule has 0 spiro atoms. The van der Waals surface area contributed by atoms with Gasteiger partial charge in [-0.3, -0.25) is 0 Å².